The minimum Gasteiger partial charge on any atom is -0.445 e. The van der Waals surface area contributed by atoms with Gasteiger partial charge in [0.25, 0.3) is 20.1 Å². The van der Waals surface area contributed by atoms with E-state index >= 15 is 0 Å². The molecule has 3 amide bonds. The predicted molar refractivity (Wildman–Crippen MR) is 200 cm³/mol. The molecule has 0 aliphatic carbocycles. The Kier molecular flexibility index (Phi) is 11.9. The Hall–Kier alpha value is -4.69. The van der Waals surface area contributed by atoms with Gasteiger partial charge in [0.1, 0.15) is 31.0 Å². The molecule has 11 nitrogen and oxygen atoms in total. The second-order valence-corrected chi connectivity index (χ2v) is 18.5. The molecule has 2 heterocycles. The van der Waals surface area contributed by atoms with E-state index in [0.717, 1.165) is 20.8 Å². The number of ether oxygens (including phenoxy) is 3. The van der Waals surface area contributed by atoms with Crippen molar-refractivity contribution in [2.75, 3.05) is 19.8 Å². The summed E-state index contributed by atoms with van der Waals surface area (Å²) < 4.78 is 24.9. The van der Waals surface area contributed by atoms with Crippen molar-refractivity contribution in [2.45, 2.75) is 69.5 Å². The van der Waals surface area contributed by atoms with Crippen molar-refractivity contribution in [2.24, 2.45) is 0 Å². The van der Waals surface area contributed by atoms with Crippen molar-refractivity contribution in [1.82, 2.24) is 10.2 Å². The van der Waals surface area contributed by atoms with Gasteiger partial charge in [-0.3, -0.25) is 14.5 Å². The molecule has 12 heteroatoms. The van der Waals surface area contributed by atoms with Crippen LogP contribution in [0.3, 0.4) is 0 Å². The monoisotopic (exact) mass is 738 g/mol. The highest BCUT2D eigenvalue weighted by atomic mass is 28.4. The van der Waals surface area contributed by atoms with E-state index in [4.69, 9.17) is 18.6 Å². The van der Waals surface area contributed by atoms with Gasteiger partial charge in [-0.25, -0.2) is 4.79 Å². The van der Waals surface area contributed by atoms with E-state index in [2.05, 4.69) is 26.1 Å². The zero-order valence-corrected chi connectivity index (χ0v) is 31.1. The van der Waals surface area contributed by atoms with Crippen LogP contribution in [0, 0.1) is 0 Å². The second-order valence-electron chi connectivity index (χ2n) is 14.2. The van der Waals surface area contributed by atoms with E-state index in [1.165, 1.54) is 0 Å². The molecule has 0 aromatic heterocycles. The highest BCUT2D eigenvalue weighted by Gasteiger charge is 2.55. The van der Waals surface area contributed by atoms with Gasteiger partial charge in [0.05, 0.1) is 24.3 Å². The van der Waals surface area contributed by atoms with Crippen molar-refractivity contribution in [3.63, 3.8) is 0 Å². The number of fused-ring (bicyclic) bond motifs is 1. The third kappa shape index (κ3) is 7.98. The van der Waals surface area contributed by atoms with Crippen molar-refractivity contribution in [1.29, 1.82) is 0 Å². The lowest BCUT2D eigenvalue weighted by Gasteiger charge is -2.47. The lowest BCUT2D eigenvalue weighted by atomic mass is 9.95. The molecule has 4 aromatic rings. The molecule has 0 bridgehead atoms. The van der Waals surface area contributed by atoms with E-state index < -0.39 is 56.9 Å². The number of imide groups is 1. The molecule has 278 valence electrons. The summed E-state index contributed by atoms with van der Waals surface area (Å²) in [5, 5.41) is 27.7. The Morgan fingerprint density at radius 2 is 1.32 bits per heavy atom. The number of hydrogen-bond acceptors (Lipinski definition) is 9. The van der Waals surface area contributed by atoms with Gasteiger partial charge in [-0.05, 0) is 39.5 Å². The molecule has 53 heavy (non-hydrogen) atoms. The molecule has 1 fully saturated rings. The molecule has 0 radical (unpaired) electrons. The Morgan fingerprint density at radius 1 is 0.792 bits per heavy atom. The van der Waals surface area contributed by atoms with Gasteiger partial charge >= 0.3 is 6.09 Å². The van der Waals surface area contributed by atoms with Crippen LogP contribution in [0.1, 0.15) is 53.5 Å². The van der Waals surface area contributed by atoms with Gasteiger partial charge in [0, 0.05) is 6.54 Å². The molecule has 0 spiro atoms. The van der Waals surface area contributed by atoms with Crippen molar-refractivity contribution in [3.8, 4) is 0 Å². The van der Waals surface area contributed by atoms with E-state index in [1.807, 2.05) is 91.0 Å². The van der Waals surface area contributed by atoms with Crippen LogP contribution in [0.25, 0.3) is 0 Å². The summed E-state index contributed by atoms with van der Waals surface area (Å²) in [6, 6.07) is 34.3. The van der Waals surface area contributed by atoms with Crippen LogP contribution in [-0.2, 0) is 25.2 Å². The number of aliphatic hydroxyl groups excluding tert-OH is 2. The largest absolute Gasteiger partial charge is 0.445 e. The maximum absolute atomic E-state index is 13.6. The Balaban J connectivity index is 1.20. The first kappa shape index (κ1) is 38.0. The maximum Gasteiger partial charge on any atom is 0.407 e. The van der Waals surface area contributed by atoms with Gasteiger partial charge < -0.3 is 34.2 Å². The number of nitrogens with zero attached hydrogens (tertiary/aromatic N) is 1. The smallest absolute Gasteiger partial charge is 0.407 e. The number of amides is 3. The number of benzene rings is 4. The van der Waals surface area contributed by atoms with Gasteiger partial charge in [0.2, 0.25) is 0 Å². The lowest BCUT2D eigenvalue weighted by Crippen LogP contribution is -2.69. The summed E-state index contributed by atoms with van der Waals surface area (Å²) in [4.78, 5) is 40.4. The molecule has 1 saturated heterocycles. The molecule has 4 aromatic carbocycles. The fourth-order valence-electron chi connectivity index (χ4n) is 7.15. The van der Waals surface area contributed by atoms with Gasteiger partial charge in [0.15, 0.2) is 6.29 Å². The molecule has 2 aliphatic rings. The summed E-state index contributed by atoms with van der Waals surface area (Å²) in [6.07, 6.45) is -5.86. The number of carbonyl (C=O) groups excluding carboxylic acids is 3. The number of carbonyl (C=O) groups is 3. The normalized spacial score (nSPS) is 21.7. The zero-order chi connectivity index (χ0) is 37.6. The van der Waals surface area contributed by atoms with Crippen LogP contribution in [0.15, 0.2) is 115 Å². The van der Waals surface area contributed by atoms with Gasteiger partial charge in [-0.2, -0.15) is 0 Å². The van der Waals surface area contributed by atoms with E-state index in [1.54, 1.807) is 24.3 Å². The fraction of sp³-hybridized carbons (Fsp3) is 0.341. The Labute approximate surface area is 310 Å². The van der Waals surface area contributed by atoms with Crippen molar-refractivity contribution < 1.29 is 43.2 Å². The first-order valence-corrected chi connectivity index (χ1v) is 19.7. The first-order chi connectivity index (χ1) is 25.5. The van der Waals surface area contributed by atoms with Crippen LogP contribution in [0.2, 0.25) is 5.04 Å². The van der Waals surface area contributed by atoms with Gasteiger partial charge in [-0.15, -0.1) is 0 Å². The van der Waals surface area contributed by atoms with Crippen LogP contribution in [0.5, 0.6) is 0 Å². The molecular weight excluding hydrogens is 693 g/mol. The number of alkyl carbamates (subject to hydrolysis) is 1. The maximum atomic E-state index is 13.6. The summed E-state index contributed by atoms with van der Waals surface area (Å²) >= 11 is 0. The number of nitrogens with one attached hydrogen (secondary N) is 1. The average molecular weight is 739 g/mol. The average Bonchev–Trinajstić information content (AvgIpc) is 3.42. The van der Waals surface area contributed by atoms with Crippen LogP contribution in [0.4, 0.5) is 4.79 Å². The zero-order valence-electron chi connectivity index (χ0n) is 30.1. The topological polar surface area (TPSA) is 144 Å². The second kappa shape index (κ2) is 16.5. The highest BCUT2D eigenvalue weighted by molar-refractivity contribution is 6.99. The number of hydrogen-bond donors (Lipinski definition) is 3. The first-order valence-electron chi connectivity index (χ1n) is 17.8. The molecule has 6 rings (SSSR count). The minimum absolute atomic E-state index is 0.0222. The SMILES string of the molecule is CC(C)(C)[Si](OC[C@H]1O[C@@H](OCCCNC(=O)OCc2ccccc2)[C@H](N2C(=O)c3ccccc3C2=O)[C@@H](O)[C@@H]1O)(c1ccccc1)c1ccccc1. The van der Waals surface area contributed by atoms with Crippen LogP contribution in [-0.4, -0.2) is 91.7 Å². The summed E-state index contributed by atoms with van der Waals surface area (Å²) in [7, 11) is -3.07. The molecule has 0 unspecified atom stereocenters. The van der Waals surface area contributed by atoms with Crippen molar-refractivity contribution in [3.05, 3.63) is 132 Å². The number of rotatable bonds is 13. The standard InChI is InChI=1S/C41H46N2O9Si/c1-41(2,3)53(29-18-9-5-10-19-29,30-20-11-6-12-21-30)51-27-33-35(44)36(45)34(43-37(46)31-22-13-14-23-32(31)38(43)47)39(52-33)49-25-15-24-42-40(48)50-26-28-16-7-4-8-17-28/h4-14,16-23,33-36,39,44-45H,15,24-27H2,1-3H3,(H,42,48)/t33-,34-,35-,36-,39-/m1/s1. The molecule has 3 N–H and O–H groups in total. The van der Waals surface area contributed by atoms with Crippen molar-refractivity contribution >= 4 is 36.6 Å². The molecule has 2 aliphatic heterocycles. The summed E-state index contributed by atoms with van der Waals surface area (Å²) in [6.45, 7) is 6.61. The summed E-state index contributed by atoms with van der Waals surface area (Å²) in [5.74, 6) is -1.24. The Bertz CT molecular complexity index is 1780. The highest BCUT2D eigenvalue weighted by Crippen LogP contribution is 2.38. The fourth-order valence-corrected chi connectivity index (χ4v) is 11.7. The molecular formula is C41H46N2O9Si. The van der Waals surface area contributed by atoms with Crippen LogP contribution >= 0.6 is 0 Å². The van der Waals surface area contributed by atoms with E-state index in [0.29, 0.717) is 6.42 Å². The predicted octanol–water partition coefficient (Wildman–Crippen LogP) is 4.01. The number of aliphatic hydroxyl groups is 2. The van der Waals surface area contributed by atoms with Gasteiger partial charge in [-0.1, -0.05) is 124 Å². The lowest BCUT2D eigenvalue weighted by molar-refractivity contribution is -0.278. The summed E-state index contributed by atoms with van der Waals surface area (Å²) in [5.41, 5.74) is 1.23. The molecule has 0 saturated carbocycles. The third-order valence-electron chi connectivity index (χ3n) is 9.76. The Morgan fingerprint density at radius 3 is 1.87 bits per heavy atom. The quantitative estimate of drug-likeness (QED) is 0.105. The van der Waals surface area contributed by atoms with E-state index in [9.17, 15) is 24.6 Å². The van der Waals surface area contributed by atoms with E-state index in [-0.39, 0.29) is 42.5 Å². The molecule has 5 atom stereocenters. The third-order valence-corrected chi connectivity index (χ3v) is 14.8. The van der Waals surface area contributed by atoms with Crippen LogP contribution < -0.4 is 15.7 Å². The minimum atomic E-state index is -3.07.